The molecule has 0 saturated carbocycles. The SMILES string of the molecule is Cc1nc(N2CCC3(CC2)Cn2cccc2[C@H]3N[S@+]([O-])C(C)(C)C)cc(=O)n1-c1cccc(Cl)c1Cl. The number of aryl methyl sites for hydroxylation is 1. The quantitative estimate of drug-likeness (QED) is 0.462. The van der Waals surface area contributed by atoms with E-state index in [1.54, 1.807) is 31.2 Å². The predicted octanol–water partition coefficient (Wildman–Crippen LogP) is 5.04. The van der Waals surface area contributed by atoms with Crippen molar-refractivity contribution in [3.05, 3.63) is 74.5 Å². The van der Waals surface area contributed by atoms with Crippen LogP contribution in [0.15, 0.2) is 47.4 Å². The Balaban J connectivity index is 1.38. The predicted molar refractivity (Wildman–Crippen MR) is 147 cm³/mol. The van der Waals surface area contributed by atoms with Crippen LogP contribution >= 0.6 is 23.2 Å². The van der Waals surface area contributed by atoms with Crippen LogP contribution in [0.3, 0.4) is 0 Å². The first-order chi connectivity index (χ1) is 17.0. The number of piperidine rings is 1. The van der Waals surface area contributed by atoms with Crippen molar-refractivity contribution >= 4 is 40.4 Å². The highest BCUT2D eigenvalue weighted by atomic mass is 35.5. The molecule has 36 heavy (non-hydrogen) atoms. The molecule has 2 aromatic heterocycles. The van der Waals surface area contributed by atoms with E-state index >= 15 is 0 Å². The van der Waals surface area contributed by atoms with Crippen LogP contribution in [0.1, 0.15) is 51.2 Å². The van der Waals surface area contributed by atoms with Gasteiger partial charge >= 0.3 is 0 Å². The second-order valence-electron chi connectivity index (χ2n) is 10.8. The largest absolute Gasteiger partial charge is 0.598 e. The van der Waals surface area contributed by atoms with Crippen LogP contribution in [0.2, 0.25) is 10.0 Å². The Kier molecular flexibility index (Phi) is 6.71. The molecule has 1 N–H and O–H groups in total. The zero-order valence-electron chi connectivity index (χ0n) is 20.9. The van der Waals surface area contributed by atoms with Gasteiger partial charge in [-0.1, -0.05) is 29.3 Å². The minimum absolute atomic E-state index is 0.0161. The van der Waals surface area contributed by atoms with Crippen LogP contribution < -0.4 is 15.2 Å². The van der Waals surface area contributed by atoms with Gasteiger partial charge in [0.15, 0.2) is 0 Å². The summed E-state index contributed by atoms with van der Waals surface area (Å²) < 4.78 is 19.9. The maximum atomic E-state index is 13.1. The lowest BCUT2D eigenvalue weighted by Crippen LogP contribution is -2.50. The van der Waals surface area contributed by atoms with Gasteiger partial charge < -0.3 is 14.0 Å². The van der Waals surface area contributed by atoms with Crippen molar-refractivity contribution in [1.82, 2.24) is 18.8 Å². The summed E-state index contributed by atoms with van der Waals surface area (Å²) in [6.07, 6.45) is 3.91. The number of hydrogen-bond acceptors (Lipinski definition) is 5. The molecule has 0 radical (unpaired) electrons. The molecule has 5 rings (SSSR count). The van der Waals surface area contributed by atoms with Gasteiger partial charge in [-0.15, -0.1) is 4.72 Å². The molecule has 2 atom stereocenters. The number of hydrogen-bond donors (Lipinski definition) is 1. The van der Waals surface area contributed by atoms with Gasteiger partial charge in [0.1, 0.15) is 16.4 Å². The summed E-state index contributed by atoms with van der Waals surface area (Å²) in [7, 11) is 0. The second-order valence-corrected chi connectivity index (χ2v) is 13.5. The summed E-state index contributed by atoms with van der Waals surface area (Å²) in [5.74, 6) is 1.22. The number of anilines is 1. The van der Waals surface area contributed by atoms with Crippen LogP contribution in [-0.2, 0) is 17.9 Å². The number of nitrogens with zero attached hydrogens (tertiary/aromatic N) is 4. The minimum Gasteiger partial charge on any atom is -0.598 e. The molecular weight excluding hydrogens is 517 g/mol. The zero-order chi connectivity index (χ0) is 25.8. The third-order valence-corrected chi connectivity index (χ3v) is 9.74. The first-order valence-electron chi connectivity index (χ1n) is 12.1. The summed E-state index contributed by atoms with van der Waals surface area (Å²) in [4.78, 5) is 20.1. The first kappa shape index (κ1) is 25.7. The molecule has 1 aromatic carbocycles. The maximum absolute atomic E-state index is 13.1. The van der Waals surface area contributed by atoms with Crippen molar-refractivity contribution in [3.8, 4) is 5.69 Å². The Hall–Kier alpha value is -1.97. The van der Waals surface area contributed by atoms with Crippen LogP contribution in [0.25, 0.3) is 5.69 Å². The molecule has 1 saturated heterocycles. The van der Waals surface area contributed by atoms with Crippen molar-refractivity contribution in [1.29, 1.82) is 0 Å². The van der Waals surface area contributed by atoms with Gasteiger partial charge in [-0.2, -0.15) is 0 Å². The van der Waals surface area contributed by atoms with Crippen molar-refractivity contribution in [3.63, 3.8) is 0 Å². The molecule has 1 fully saturated rings. The van der Waals surface area contributed by atoms with Gasteiger partial charge in [0.25, 0.3) is 5.56 Å². The summed E-state index contributed by atoms with van der Waals surface area (Å²) in [6.45, 7) is 10.2. The van der Waals surface area contributed by atoms with Gasteiger partial charge in [-0.05, 0) is 64.8 Å². The molecule has 1 spiro atoms. The molecule has 7 nitrogen and oxygen atoms in total. The van der Waals surface area contributed by atoms with Crippen LogP contribution in [0.4, 0.5) is 5.82 Å². The van der Waals surface area contributed by atoms with Gasteiger partial charge in [0, 0.05) is 54.4 Å². The molecule has 10 heteroatoms. The lowest BCUT2D eigenvalue weighted by atomic mass is 9.73. The van der Waals surface area contributed by atoms with Gasteiger partial charge in [0.2, 0.25) is 0 Å². The lowest BCUT2D eigenvalue weighted by molar-refractivity contribution is 0.164. The van der Waals surface area contributed by atoms with E-state index in [0.29, 0.717) is 27.4 Å². The maximum Gasteiger partial charge on any atom is 0.260 e. The zero-order valence-corrected chi connectivity index (χ0v) is 23.3. The topological polar surface area (TPSA) is 78.2 Å². The average Bonchev–Trinajstić information content (AvgIpc) is 3.36. The molecule has 0 unspecified atom stereocenters. The highest BCUT2D eigenvalue weighted by molar-refractivity contribution is 7.90. The lowest BCUT2D eigenvalue weighted by Gasteiger charge is -2.43. The van der Waals surface area contributed by atoms with Gasteiger partial charge in [-0.3, -0.25) is 9.36 Å². The monoisotopic (exact) mass is 547 g/mol. The average molecular weight is 549 g/mol. The highest BCUT2D eigenvalue weighted by Gasteiger charge is 2.50. The number of nitrogens with one attached hydrogen (secondary N) is 1. The molecule has 0 amide bonds. The van der Waals surface area contributed by atoms with Gasteiger partial charge in [-0.25, -0.2) is 4.98 Å². The van der Waals surface area contributed by atoms with E-state index < -0.39 is 11.4 Å². The van der Waals surface area contributed by atoms with E-state index in [9.17, 15) is 9.35 Å². The summed E-state index contributed by atoms with van der Waals surface area (Å²) in [5.41, 5.74) is 1.48. The fourth-order valence-electron chi connectivity index (χ4n) is 5.38. The van der Waals surface area contributed by atoms with Crippen molar-refractivity contribution in [2.45, 2.75) is 57.9 Å². The number of aromatic nitrogens is 3. The number of fused-ring (bicyclic) bond motifs is 1. The van der Waals surface area contributed by atoms with E-state index in [4.69, 9.17) is 28.2 Å². The minimum atomic E-state index is -1.18. The third kappa shape index (κ3) is 4.47. The second kappa shape index (κ2) is 9.40. The molecular formula is C26H31Cl2N5O2S. The van der Waals surface area contributed by atoms with Crippen LogP contribution in [0.5, 0.6) is 0 Å². The van der Waals surface area contributed by atoms with Crippen molar-refractivity contribution in [2.24, 2.45) is 5.41 Å². The van der Waals surface area contributed by atoms with E-state index in [1.165, 1.54) is 10.3 Å². The summed E-state index contributed by atoms with van der Waals surface area (Å²) >= 11 is 11.4. The smallest absolute Gasteiger partial charge is 0.260 e. The molecule has 4 heterocycles. The van der Waals surface area contributed by atoms with Crippen molar-refractivity contribution in [2.75, 3.05) is 18.0 Å². The Bertz CT molecular complexity index is 1340. The first-order valence-corrected chi connectivity index (χ1v) is 14.0. The Morgan fingerprint density at radius 1 is 1.17 bits per heavy atom. The van der Waals surface area contributed by atoms with Gasteiger partial charge in [0.05, 0.1) is 21.8 Å². The third-order valence-electron chi connectivity index (χ3n) is 7.37. The molecule has 2 aliphatic rings. The summed E-state index contributed by atoms with van der Waals surface area (Å²) in [5, 5.41) is 0.721. The van der Waals surface area contributed by atoms with Crippen molar-refractivity contribution < 1.29 is 4.55 Å². The van der Waals surface area contributed by atoms with E-state index in [1.807, 2.05) is 20.8 Å². The Morgan fingerprint density at radius 2 is 1.89 bits per heavy atom. The molecule has 2 aliphatic heterocycles. The number of benzene rings is 1. The molecule has 0 bridgehead atoms. The fraction of sp³-hybridized carbons (Fsp3) is 0.462. The molecule has 0 aliphatic carbocycles. The summed E-state index contributed by atoms with van der Waals surface area (Å²) in [6, 6.07) is 11.0. The Morgan fingerprint density at radius 3 is 2.56 bits per heavy atom. The fourth-order valence-corrected chi connectivity index (χ4v) is 6.70. The standard InChI is InChI=1S/C26H31Cl2N5O2S/c1-17-29-21(15-22(34)33(17)19-8-5-7-18(27)23(19)28)31-13-10-26(11-14-31)16-32-12-6-9-20(32)24(26)30-36(35)25(2,3)4/h5-9,12,15,24,30H,10-11,13-14,16H2,1-4H3/t24-,36-/m1/s1. The number of rotatable bonds is 4. The normalized spacial score (nSPS) is 20.1. The van der Waals surface area contributed by atoms with E-state index in [-0.39, 0.29) is 21.8 Å². The van der Waals surface area contributed by atoms with Crippen LogP contribution in [-0.4, -0.2) is 36.5 Å². The highest BCUT2D eigenvalue weighted by Crippen LogP contribution is 2.50. The molecule has 3 aromatic rings. The van der Waals surface area contributed by atoms with Crippen LogP contribution in [0, 0.1) is 12.3 Å². The number of halogens is 2. The van der Waals surface area contributed by atoms with E-state index in [0.717, 1.165) is 32.5 Å². The Labute approximate surface area is 224 Å². The molecule has 192 valence electrons. The van der Waals surface area contributed by atoms with E-state index in [2.05, 4.69) is 32.5 Å².